The number of benzene rings is 2. The van der Waals surface area contributed by atoms with Gasteiger partial charge in [0.25, 0.3) is 0 Å². The fraction of sp³-hybridized carbons (Fsp3) is 0.200. The minimum atomic E-state index is -0.435. The van der Waals surface area contributed by atoms with Gasteiger partial charge in [0.05, 0.1) is 23.9 Å². The summed E-state index contributed by atoms with van der Waals surface area (Å²) in [5.41, 5.74) is 3.55. The number of ether oxygens (including phenoxy) is 1. The molecule has 0 bridgehead atoms. The highest BCUT2D eigenvalue weighted by atomic mass is 32.2. The van der Waals surface area contributed by atoms with Crippen LogP contribution in [0.1, 0.15) is 26.3 Å². The van der Waals surface area contributed by atoms with E-state index in [9.17, 15) is 9.59 Å². The summed E-state index contributed by atoms with van der Waals surface area (Å²) in [4.78, 5) is 24.6. The average molecular weight is 353 g/mol. The molecule has 0 saturated carbocycles. The van der Waals surface area contributed by atoms with Gasteiger partial charge in [0, 0.05) is 17.3 Å². The van der Waals surface area contributed by atoms with E-state index in [4.69, 9.17) is 4.74 Å². The number of aryl methyl sites for hydroxylation is 1. The van der Waals surface area contributed by atoms with Crippen LogP contribution in [0.25, 0.3) is 10.9 Å². The normalized spacial score (nSPS) is 10.8. The summed E-state index contributed by atoms with van der Waals surface area (Å²) in [5.74, 6) is 0.626. The number of hydrogen-bond acceptors (Lipinski definition) is 4. The maximum atomic E-state index is 12.6. The van der Waals surface area contributed by atoms with Crippen molar-refractivity contribution >= 4 is 34.5 Å². The number of esters is 1. The smallest absolute Gasteiger partial charge is 0.340 e. The zero-order valence-corrected chi connectivity index (χ0v) is 15.0. The van der Waals surface area contributed by atoms with Crippen molar-refractivity contribution in [1.29, 1.82) is 0 Å². The molecule has 128 valence electrons. The van der Waals surface area contributed by atoms with Gasteiger partial charge in [-0.05, 0) is 18.6 Å². The Balaban J connectivity index is 1.75. The van der Waals surface area contributed by atoms with Crippen molar-refractivity contribution < 1.29 is 14.3 Å². The first-order valence-corrected chi connectivity index (χ1v) is 9.10. The van der Waals surface area contributed by atoms with Crippen molar-refractivity contribution in [3.63, 3.8) is 0 Å². The molecule has 0 aliphatic rings. The molecule has 1 aromatic heterocycles. The van der Waals surface area contributed by atoms with Crippen molar-refractivity contribution in [1.82, 2.24) is 4.57 Å². The summed E-state index contributed by atoms with van der Waals surface area (Å²) < 4.78 is 6.36. The number of nitrogens with zero attached hydrogens (tertiary/aromatic N) is 1. The Labute approximate surface area is 150 Å². The van der Waals surface area contributed by atoms with Crippen molar-refractivity contribution in [3.8, 4) is 0 Å². The lowest BCUT2D eigenvalue weighted by Crippen LogP contribution is -2.12. The van der Waals surface area contributed by atoms with Gasteiger partial charge in [0.1, 0.15) is 0 Å². The Morgan fingerprint density at radius 1 is 1.08 bits per heavy atom. The molecule has 0 radical (unpaired) electrons. The predicted molar refractivity (Wildman–Crippen MR) is 101 cm³/mol. The first-order chi connectivity index (χ1) is 12.1. The largest absolute Gasteiger partial charge is 0.465 e. The minimum absolute atomic E-state index is 0.0523. The molecule has 5 heteroatoms. The lowest BCUT2D eigenvalue weighted by molar-refractivity contribution is 0.0603. The number of hydrogen-bond donors (Lipinski definition) is 0. The Morgan fingerprint density at radius 2 is 1.80 bits per heavy atom. The summed E-state index contributed by atoms with van der Waals surface area (Å²) in [6, 6.07) is 15.7. The zero-order chi connectivity index (χ0) is 17.8. The average Bonchev–Trinajstić information content (AvgIpc) is 3.02. The standard InChI is InChI=1S/C20H19NO3S/c1-14-7-9-15(10-8-14)12-25-13-19(22)21-11-17(20(23)24-2)16-5-3-4-6-18(16)21/h3-11H,12-13H2,1-2H3. The number of carbonyl (C=O) groups is 2. The zero-order valence-electron chi connectivity index (χ0n) is 14.2. The Hall–Kier alpha value is -2.53. The molecule has 3 rings (SSSR count). The first-order valence-electron chi connectivity index (χ1n) is 7.95. The molecule has 0 aliphatic heterocycles. The number of thioether (sulfide) groups is 1. The van der Waals surface area contributed by atoms with Crippen LogP contribution in [0.3, 0.4) is 0 Å². The van der Waals surface area contributed by atoms with E-state index >= 15 is 0 Å². The van der Waals surface area contributed by atoms with Gasteiger partial charge in [-0.15, -0.1) is 11.8 Å². The number of para-hydroxylation sites is 1. The molecule has 0 unspecified atom stereocenters. The number of rotatable bonds is 5. The van der Waals surface area contributed by atoms with Crippen LogP contribution in [0.5, 0.6) is 0 Å². The highest BCUT2D eigenvalue weighted by Crippen LogP contribution is 2.23. The van der Waals surface area contributed by atoms with Crippen molar-refractivity contribution in [2.75, 3.05) is 12.9 Å². The number of fused-ring (bicyclic) bond motifs is 1. The maximum Gasteiger partial charge on any atom is 0.340 e. The summed E-state index contributed by atoms with van der Waals surface area (Å²) in [7, 11) is 1.34. The van der Waals surface area contributed by atoms with Crippen LogP contribution in [0.4, 0.5) is 0 Å². The molecule has 1 heterocycles. The van der Waals surface area contributed by atoms with Gasteiger partial charge in [-0.2, -0.15) is 0 Å². The van der Waals surface area contributed by atoms with Crippen LogP contribution in [0.15, 0.2) is 54.7 Å². The molecule has 2 aromatic carbocycles. The highest BCUT2D eigenvalue weighted by Gasteiger charge is 2.18. The van der Waals surface area contributed by atoms with Gasteiger partial charge in [0.2, 0.25) is 5.91 Å². The summed E-state index contributed by atoms with van der Waals surface area (Å²) in [6.45, 7) is 2.05. The number of methoxy groups -OCH3 is 1. The van der Waals surface area contributed by atoms with Crippen LogP contribution in [0.2, 0.25) is 0 Å². The second-order valence-electron chi connectivity index (χ2n) is 5.79. The van der Waals surface area contributed by atoms with Crippen LogP contribution in [-0.2, 0) is 10.5 Å². The van der Waals surface area contributed by atoms with E-state index in [1.54, 1.807) is 22.5 Å². The van der Waals surface area contributed by atoms with Crippen molar-refractivity contribution in [3.05, 3.63) is 71.4 Å². The second kappa shape index (κ2) is 7.57. The molecule has 0 atom stereocenters. The summed E-state index contributed by atoms with van der Waals surface area (Å²) in [6.07, 6.45) is 1.57. The highest BCUT2D eigenvalue weighted by molar-refractivity contribution is 7.99. The second-order valence-corrected chi connectivity index (χ2v) is 6.78. The topological polar surface area (TPSA) is 48.3 Å². The molecule has 0 fully saturated rings. The Bertz CT molecular complexity index is 912. The van der Waals surface area contributed by atoms with Crippen LogP contribution < -0.4 is 0 Å². The van der Waals surface area contributed by atoms with Crippen LogP contribution in [-0.4, -0.2) is 29.3 Å². The van der Waals surface area contributed by atoms with Crippen LogP contribution in [0, 0.1) is 6.92 Å². The van der Waals surface area contributed by atoms with E-state index in [-0.39, 0.29) is 5.91 Å². The van der Waals surface area contributed by atoms with E-state index in [1.165, 1.54) is 18.2 Å². The number of carbonyl (C=O) groups excluding carboxylic acids is 2. The van der Waals surface area contributed by atoms with Gasteiger partial charge in [-0.3, -0.25) is 9.36 Å². The first kappa shape index (κ1) is 17.3. The molecule has 4 nitrogen and oxygen atoms in total. The van der Waals surface area contributed by atoms with Gasteiger partial charge in [0.15, 0.2) is 0 Å². The van der Waals surface area contributed by atoms with E-state index in [0.717, 1.165) is 16.7 Å². The van der Waals surface area contributed by atoms with Crippen molar-refractivity contribution in [2.45, 2.75) is 12.7 Å². The molecule has 0 aliphatic carbocycles. The Morgan fingerprint density at radius 3 is 2.52 bits per heavy atom. The van der Waals surface area contributed by atoms with E-state index in [2.05, 4.69) is 31.2 Å². The third kappa shape index (κ3) is 3.77. The fourth-order valence-electron chi connectivity index (χ4n) is 2.67. The van der Waals surface area contributed by atoms with E-state index in [0.29, 0.717) is 11.3 Å². The molecule has 0 N–H and O–H groups in total. The fourth-order valence-corrected chi connectivity index (χ4v) is 3.51. The van der Waals surface area contributed by atoms with E-state index in [1.807, 2.05) is 24.3 Å². The molecular weight excluding hydrogens is 334 g/mol. The van der Waals surface area contributed by atoms with E-state index < -0.39 is 5.97 Å². The molecule has 25 heavy (non-hydrogen) atoms. The van der Waals surface area contributed by atoms with Gasteiger partial charge < -0.3 is 4.74 Å². The molecule has 0 spiro atoms. The lowest BCUT2D eigenvalue weighted by atomic mass is 10.2. The minimum Gasteiger partial charge on any atom is -0.465 e. The summed E-state index contributed by atoms with van der Waals surface area (Å²) >= 11 is 1.56. The monoisotopic (exact) mass is 353 g/mol. The SMILES string of the molecule is COC(=O)c1cn(C(=O)CSCc2ccc(C)cc2)c2ccccc12. The molecule has 0 amide bonds. The predicted octanol–water partition coefficient (Wildman–Crippen LogP) is 4.31. The molecule has 0 saturated heterocycles. The third-order valence-corrected chi connectivity index (χ3v) is 4.99. The lowest BCUT2D eigenvalue weighted by Gasteiger charge is -2.05. The quantitative estimate of drug-likeness (QED) is 0.641. The molecular formula is C20H19NO3S. The summed E-state index contributed by atoms with van der Waals surface area (Å²) in [5, 5.41) is 0.728. The van der Waals surface area contributed by atoms with Gasteiger partial charge in [-0.1, -0.05) is 48.0 Å². The van der Waals surface area contributed by atoms with Crippen LogP contribution >= 0.6 is 11.8 Å². The maximum absolute atomic E-state index is 12.6. The Kier molecular flexibility index (Phi) is 5.24. The van der Waals surface area contributed by atoms with Gasteiger partial charge >= 0.3 is 5.97 Å². The van der Waals surface area contributed by atoms with Crippen molar-refractivity contribution in [2.24, 2.45) is 0 Å². The number of aromatic nitrogens is 1. The molecule has 3 aromatic rings. The third-order valence-electron chi connectivity index (χ3n) is 4.00. The van der Waals surface area contributed by atoms with Gasteiger partial charge in [-0.25, -0.2) is 4.79 Å².